The highest BCUT2D eigenvalue weighted by atomic mass is 16.5. The van der Waals surface area contributed by atoms with Crippen LogP contribution in [0.25, 0.3) is 0 Å². The average Bonchev–Trinajstić information content (AvgIpc) is 2.28. The molecule has 4 heteroatoms. The number of carbonyl (C=O) groups is 1. The monoisotopic (exact) mass is 250 g/mol. The Kier molecular flexibility index (Phi) is 5.65. The predicted octanol–water partition coefficient (Wildman–Crippen LogP) is 1.62. The lowest BCUT2D eigenvalue weighted by Gasteiger charge is -2.15. The first kappa shape index (κ1) is 14.5. The zero-order chi connectivity index (χ0) is 13.5. The summed E-state index contributed by atoms with van der Waals surface area (Å²) in [6, 6.07) is 7.74. The topological polar surface area (TPSA) is 64.3 Å². The number of rotatable bonds is 6. The van der Waals surface area contributed by atoms with Crippen molar-refractivity contribution in [3.8, 4) is 5.75 Å². The summed E-state index contributed by atoms with van der Waals surface area (Å²) >= 11 is 0. The molecule has 0 aliphatic carbocycles. The van der Waals surface area contributed by atoms with Crippen LogP contribution in [0.1, 0.15) is 25.8 Å². The first-order chi connectivity index (χ1) is 8.49. The number of amides is 1. The van der Waals surface area contributed by atoms with Crippen molar-refractivity contribution in [1.29, 1.82) is 0 Å². The third-order valence-corrected chi connectivity index (χ3v) is 2.57. The van der Waals surface area contributed by atoms with Crippen LogP contribution in [-0.2, 0) is 4.79 Å². The van der Waals surface area contributed by atoms with Crippen molar-refractivity contribution in [2.45, 2.75) is 39.3 Å². The molecule has 0 radical (unpaired) electrons. The maximum atomic E-state index is 11.7. The summed E-state index contributed by atoms with van der Waals surface area (Å²) in [5.41, 5.74) is 6.72. The van der Waals surface area contributed by atoms with Crippen molar-refractivity contribution in [3.05, 3.63) is 29.8 Å². The van der Waals surface area contributed by atoms with Gasteiger partial charge < -0.3 is 15.8 Å². The van der Waals surface area contributed by atoms with Gasteiger partial charge in [0.2, 0.25) is 0 Å². The van der Waals surface area contributed by atoms with Crippen LogP contribution < -0.4 is 15.8 Å². The quantitative estimate of drug-likeness (QED) is 0.806. The summed E-state index contributed by atoms with van der Waals surface area (Å²) in [4.78, 5) is 11.7. The molecule has 0 aliphatic heterocycles. The Morgan fingerprint density at radius 1 is 1.44 bits per heavy atom. The molecular formula is C14H22N2O2. The van der Waals surface area contributed by atoms with Gasteiger partial charge in [-0.25, -0.2) is 0 Å². The normalized spacial score (nSPS) is 13.8. The van der Waals surface area contributed by atoms with Crippen LogP contribution in [0.5, 0.6) is 5.75 Å². The third kappa shape index (κ3) is 5.19. The van der Waals surface area contributed by atoms with E-state index in [4.69, 9.17) is 10.5 Å². The van der Waals surface area contributed by atoms with Gasteiger partial charge >= 0.3 is 0 Å². The number of benzene rings is 1. The third-order valence-electron chi connectivity index (χ3n) is 2.57. The lowest BCUT2D eigenvalue weighted by Crippen LogP contribution is -2.38. The van der Waals surface area contributed by atoms with Crippen LogP contribution in [0.3, 0.4) is 0 Å². The van der Waals surface area contributed by atoms with E-state index in [0.717, 1.165) is 12.0 Å². The SMILES string of the molecule is Cc1cccc(OC(C)C(=O)NCCC(C)N)c1. The Bertz CT molecular complexity index is 391. The van der Waals surface area contributed by atoms with Crippen LogP contribution in [0, 0.1) is 6.92 Å². The molecule has 0 saturated heterocycles. The molecule has 1 amide bonds. The van der Waals surface area contributed by atoms with Crippen molar-refractivity contribution in [2.75, 3.05) is 6.54 Å². The van der Waals surface area contributed by atoms with Gasteiger partial charge in [-0.05, 0) is 44.9 Å². The maximum absolute atomic E-state index is 11.7. The van der Waals surface area contributed by atoms with Gasteiger partial charge in [0.05, 0.1) is 0 Å². The minimum Gasteiger partial charge on any atom is -0.481 e. The van der Waals surface area contributed by atoms with Crippen molar-refractivity contribution in [2.24, 2.45) is 5.73 Å². The van der Waals surface area contributed by atoms with Gasteiger partial charge in [0.15, 0.2) is 6.10 Å². The molecule has 0 heterocycles. The van der Waals surface area contributed by atoms with E-state index in [9.17, 15) is 4.79 Å². The Balaban J connectivity index is 2.40. The van der Waals surface area contributed by atoms with Gasteiger partial charge in [0.25, 0.3) is 5.91 Å². The molecule has 0 saturated carbocycles. The van der Waals surface area contributed by atoms with Gasteiger partial charge in [-0.1, -0.05) is 12.1 Å². The Labute approximate surface area is 109 Å². The lowest BCUT2D eigenvalue weighted by molar-refractivity contribution is -0.127. The Hall–Kier alpha value is -1.55. The second-order valence-corrected chi connectivity index (χ2v) is 4.63. The van der Waals surface area contributed by atoms with E-state index >= 15 is 0 Å². The summed E-state index contributed by atoms with van der Waals surface area (Å²) in [7, 11) is 0. The van der Waals surface area contributed by atoms with E-state index < -0.39 is 6.10 Å². The second-order valence-electron chi connectivity index (χ2n) is 4.63. The minimum absolute atomic E-state index is 0.0956. The predicted molar refractivity (Wildman–Crippen MR) is 72.5 cm³/mol. The largest absolute Gasteiger partial charge is 0.481 e. The van der Waals surface area contributed by atoms with Gasteiger partial charge in [0, 0.05) is 12.6 Å². The van der Waals surface area contributed by atoms with E-state index in [-0.39, 0.29) is 11.9 Å². The molecule has 3 N–H and O–H groups in total. The van der Waals surface area contributed by atoms with Crippen LogP contribution in [0.4, 0.5) is 0 Å². The molecule has 1 aromatic carbocycles. The van der Waals surface area contributed by atoms with Crippen molar-refractivity contribution < 1.29 is 9.53 Å². The van der Waals surface area contributed by atoms with E-state index in [2.05, 4.69) is 5.32 Å². The summed E-state index contributed by atoms with van der Waals surface area (Å²) in [5.74, 6) is 0.599. The zero-order valence-corrected chi connectivity index (χ0v) is 11.3. The van der Waals surface area contributed by atoms with Crippen molar-refractivity contribution in [3.63, 3.8) is 0 Å². The standard InChI is InChI=1S/C14H22N2O2/c1-10-5-4-6-13(9-10)18-12(3)14(17)16-8-7-11(2)15/h4-6,9,11-12H,7-8,15H2,1-3H3,(H,16,17). The fourth-order valence-electron chi connectivity index (χ4n) is 1.51. The van der Waals surface area contributed by atoms with Crippen molar-refractivity contribution in [1.82, 2.24) is 5.32 Å². The molecule has 4 nitrogen and oxygen atoms in total. The molecule has 0 spiro atoms. The number of aryl methyl sites for hydroxylation is 1. The van der Waals surface area contributed by atoms with Gasteiger partial charge in [-0.3, -0.25) is 4.79 Å². The molecule has 0 bridgehead atoms. The Morgan fingerprint density at radius 2 is 2.17 bits per heavy atom. The molecule has 1 rings (SSSR count). The summed E-state index contributed by atoms with van der Waals surface area (Å²) in [5, 5.41) is 2.80. The van der Waals surface area contributed by atoms with E-state index in [1.54, 1.807) is 6.92 Å². The smallest absolute Gasteiger partial charge is 0.260 e. The number of hydrogen-bond acceptors (Lipinski definition) is 3. The number of carbonyl (C=O) groups excluding carboxylic acids is 1. The molecule has 100 valence electrons. The summed E-state index contributed by atoms with van der Waals surface area (Å²) < 4.78 is 5.57. The van der Waals surface area contributed by atoms with Crippen LogP contribution in [0.15, 0.2) is 24.3 Å². The molecule has 0 aliphatic rings. The van der Waals surface area contributed by atoms with Crippen LogP contribution >= 0.6 is 0 Å². The summed E-state index contributed by atoms with van der Waals surface area (Å²) in [6.45, 7) is 6.22. The van der Waals surface area contributed by atoms with Crippen LogP contribution in [0.2, 0.25) is 0 Å². The highest BCUT2D eigenvalue weighted by Gasteiger charge is 2.14. The number of ether oxygens (including phenoxy) is 1. The zero-order valence-electron chi connectivity index (χ0n) is 11.3. The first-order valence-corrected chi connectivity index (χ1v) is 6.25. The molecule has 2 atom stereocenters. The fraction of sp³-hybridized carbons (Fsp3) is 0.500. The molecule has 0 fully saturated rings. The van der Waals surface area contributed by atoms with E-state index in [0.29, 0.717) is 12.3 Å². The lowest BCUT2D eigenvalue weighted by atomic mass is 10.2. The fourth-order valence-corrected chi connectivity index (χ4v) is 1.51. The van der Waals surface area contributed by atoms with Crippen molar-refractivity contribution >= 4 is 5.91 Å². The number of nitrogens with one attached hydrogen (secondary N) is 1. The summed E-state index contributed by atoms with van der Waals surface area (Å²) in [6.07, 6.45) is 0.267. The highest BCUT2D eigenvalue weighted by molar-refractivity contribution is 5.80. The minimum atomic E-state index is -0.500. The van der Waals surface area contributed by atoms with Gasteiger partial charge in [0.1, 0.15) is 5.75 Å². The second kappa shape index (κ2) is 7.01. The molecule has 18 heavy (non-hydrogen) atoms. The number of hydrogen-bond donors (Lipinski definition) is 2. The molecular weight excluding hydrogens is 228 g/mol. The van der Waals surface area contributed by atoms with Gasteiger partial charge in [-0.15, -0.1) is 0 Å². The van der Waals surface area contributed by atoms with Crippen LogP contribution in [-0.4, -0.2) is 24.6 Å². The first-order valence-electron chi connectivity index (χ1n) is 6.25. The average molecular weight is 250 g/mol. The number of nitrogens with two attached hydrogens (primary N) is 1. The maximum Gasteiger partial charge on any atom is 0.260 e. The Morgan fingerprint density at radius 3 is 2.78 bits per heavy atom. The van der Waals surface area contributed by atoms with Gasteiger partial charge in [-0.2, -0.15) is 0 Å². The molecule has 1 aromatic rings. The van der Waals surface area contributed by atoms with E-state index in [1.807, 2.05) is 38.1 Å². The molecule has 2 unspecified atom stereocenters. The molecule has 0 aromatic heterocycles. The highest BCUT2D eigenvalue weighted by Crippen LogP contribution is 2.14. The van der Waals surface area contributed by atoms with E-state index in [1.165, 1.54) is 0 Å².